The highest BCUT2D eigenvalue weighted by molar-refractivity contribution is 5.88. The zero-order valence-electron chi connectivity index (χ0n) is 11.6. The number of hydrogen-bond donors (Lipinski definition) is 2. The van der Waals surface area contributed by atoms with Crippen LogP contribution in [0.15, 0.2) is 60.7 Å². The van der Waals surface area contributed by atoms with Crippen LogP contribution in [0.4, 0.5) is 5.69 Å². The van der Waals surface area contributed by atoms with E-state index in [1.807, 2.05) is 30.3 Å². The molecule has 0 heterocycles. The van der Waals surface area contributed by atoms with E-state index in [0.29, 0.717) is 11.1 Å². The van der Waals surface area contributed by atoms with Crippen molar-refractivity contribution in [3.05, 3.63) is 81.9 Å². The van der Waals surface area contributed by atoms with Crippen molar-refractivity contribution in [2.75, 3.05) is 0 Å². The van der Waals surface area contributed by atoms with Gasteiger partial charge in [-0.2, -0.15) is 0 Å². The maximum absolute atomic E-state index is 10.7. The molecule has 0 saturated heterocycles. The predicted molar refractivity (Wildman–Crippen MR) is 84.7 cm³/mol. The largest absolute Gasteiger partial charge is 0.508 e. The Balaban J connectivity index is 2.10. The minimum absolute atomic E-state index is 0.0121. The van der Waals surface area contributed by atoms with Gasteiger partial charge in [-0.05, 0) is 22.4 Å². The number of aromatic hydroxyl groups is 1. The maximum Gasteiger partial charge on any atom is 0.269 e. The van der Waals surface area contributed by atoms with Crippen molar-refractivity contribution in [2.45, 2.75) is 6.04 Å². The molecule has 0 saturated carbocycles. The van der Waals surface area contributed by atoms with Crippen molar-refractivity contribution in [3.8, 4) is 5.75 Å². The first-order valence-corrected chi connectivity index (χ1v) is 6.78. The molecule has 0 bridgehead atoms. The van der Waals surface area contributed by atoms with E-state index >= 15 is 0 Å². The average molecular weight is 294 g/mol. The van der Waals surface area contributed by atoms with Crippen LogP contribution in [0.2, 0.25) is 0 Å². The third-order valence-electron chi connectivity index (χ3n) is 3.72. The van der Waals surface area contributed by atoms with E-state index < -0.39 is 11.0 Å². The van der Waals surface area contributed by atoms with Crippen LogP contribution in [0, 0.1) is 10.1 Å². The zero-order chi connectivity index (χ0) is 15.7. The number of rotatable bonds is 3. The second-order valence-corrected chi connectivity index (χ2v) is 5.05. The van der Waals surface area contributed by atoms with Gasteiger partial charge in [0, 0.05) is 17.7 Å². The molecule has 3 N–H and O–H groups in total. The number of fused-ring (bicyclic) bond motifs is 1. The van der Waals surface area contributed by atoms with Gasteiger partial charge in [0.2, 0.25) is 0 Å². The third kappa shape index (κ3) is 2.38. The molecule has 0 aromatic heterocycles. The van der Waals surface area contributed by atoms with Gasteiger partial charge in [0.05, 0.1) is 11.0 Å². The summed E-state index contributed by atoms with van der Waals surface area (Å²) in [7, 11) is 0. The third-order valence-corrected chi connectivity index (χ3v) is 3.72. The molecule has 0 fully saturated rings. The Morgan fingerprint density at radius 3 is 2.36 bits per heavy atom. The second kappa shape index (κ2) is 5.46. The molecule has 110 valence electrons. The fourth-order valence-electron chi connectivity index (χ4n) is 2.58. The van der Waals surface area contributed by atoms with Gasteiger partial charge in [-0.25, -0.2) is 0 Å². The molecule has 3 aromatic carbocycles. The molecule has 5 heteroatoms. The number of phenolic OH excluding ortho intramolecular Hbond substituents is 1. The molecule has 0 aliphatic carbocycles. The molecule has 0 aliphatic rings. The van der Waals surface area contributed by atoms with Crippen LogP contribution in [-0.2, 0) is 0 Å². The van der Waals surface area contributed by atoms with Crippen molar-refractivity contribution >= 4 is 16.5 Å². The van der Waals surface area contributed by atoms with Gasteiger partial charge in [-0.1, -0.05) is 42.5 Å². The fraction of sp³-hybridized carbons (Fsp3) is 0.0588. The molecule has 22 heavy (non-hydrogen) atoms. The first kappa shape index (κ1) is 14.0. The molecule has 5 nitrogen and oxygen atoms in total. The van der Waals surface area contributed by atoms with E-state index in [9.17, 15) is 15.2 Å². The summed E-state index contributed by atoms with van der Waals surface area (Å²) in [6, 6.07) is 16.6. The molecule has 0 spiro atoms. The van der Waals surface area contributed by atoms with Gasteiger partial charge in [0.25, 0.3) is 5.69 Å². The smallest absolute Gasteiger partial charge is 0.269 e. The highest BCUT2D eigenvalue weighted by Crippen LogP contribution is 2.34. The summed E-state index contributed by atoms with van der Waals surface area (Å²) < 4.78 is 0. The summed E-state index contributed by atoms with van der Waals surface area (Å²) in [6.45, 7) is 0. The minimum atomic E-state index is -0.563. The van der Waals surface area contributed by atoms with Gasteiger partial charge in [-0.15, -0.1) is 0 Å². The van der Waals surface area contributed by atoms with E-state index in [0.717, 1.165) is 10.8 Å². The molecule has 0 unspecified atom stereocenters. The van der Waals surface area contributed by atoms with Crippen LogP contribution >= 0.6 is 0 Å². The summed E-state index contributed by atoms with van der Waals surface area (Å²) in [5, 5.41) is 22.8. The molecule has 0 radical (unpaired) electrons. The van der Waals surface area contributed by atoms with Gasteiger partial charge < -0.3 is 10.8 Å². The standard InChI is InChI=1S/C17H14N2O3/c18-17(12-5-8-13(9-6-12)19(21)22)16-14-4-2-1-3-11(14)7-10-15(16)20/h1-10,17,20H,18H2/t17-/m0/s1. The van der Waals surface area contributed by atoms with Crippen LogP contribution in [0.1, 0.15) is 17.2 Å². The molecule has 0 aliphatic heterocycles. The number of nitro benzene ring substituents is 1. The molecular formula is C17H14N2O3. The lowest BCUT2D eigenvalue weighted by Crippen LogP contribution is -2.12. The van der Waals surface area contributed by atoms with Crippen LogP contribution in [0.25, 0.3) is 10.8 Å². The van der Waals surface area contributed by atoms with Crippen molar-refractivity contribution in [1.82, 2.24) is 0 Å². The van der Waals surface area contributed by atoms with Gasteiger partial charge in [0.1, 0.15) is 5.75 Å². The van der Waals surface area contributed by atoms with Crippen LogP contribution in [0.3, 0.4) is 0 Å². The number of hydrogen-bond acceptors (Lipinski definition) is 4. The first-order chi connectivity index (χ1) is 10.6. The Labute approximate surface area is 126 Å². The minimum Gasteiger partial charge on any atom is -0.508 e. The Morgan fingerprint density at radius 2 is 1.68 bits per heavy atom. The van der Waals surface area contributed by atoms with Gasteiger partial charge in [-0.3, -0.25) is 10.1 Å². The summed E-state index contributed by atoms with van der Waals surface area (Å²) in [5.41, 5.74) is 7.62. The van der Waals surface area contributed by atoms with E-state index in [1.54, 1.807) is 18.2 Å². The van der Waals surface area contributed by atoms with Crippen LogP contribution < -0.4 is 5.73 Å². The molecule has 3 rings (SSSR count). The molecular weight excluding hydrogens is 280 g/mol. The van der Waals surface area contributed by atoms with Gasteiger partial charge >= 0.3 is 0 Å². The van der Waals surface area contributed by atoms with Crippen molar-refractivity contribution in [2.24, 2.45) is 5.73 Å². The number of benzene rings is 3. The molecule has 1 atom stereocenters. The van der Waals surface area contributed by atoms with Crippen molar-refractivity contribution in [3.63, 3.8) is 0 Å². The average Bonchev–Trinajstić information content (AvgIpc) is 2.54. The van der Waals surface area contributed by atoms with Crippen molar-refractivity contribution in [1.29, 1.82) is 0 Å². The Kier molecular flexibility index (Phi) is 3.48. The predicted octanol–water partition coefficient (Wildman–Crippen LogP) is 3.50. The summed E-state index contributed by atoms with van der Waals surface area (Å²) >= 11 is 0. The monoisotopic (exact) mass is 294 g/mol. The normalized spacial score (nSPS) is 12.2. The summed E-state index contributed by atoms with van der Waals surface area (Å²) in [5.74, 6) is 0.115. The Hall–Kier alpha value is -2.92. The van der Waals surface area contributed by atoms with Crippen LogP contribution in [0.5, 0.6) is 5.75 Å². The lowest BCUT2D eigenvalue weighted by Gasteiger charge is -2.16. The number of nitrogens with two attached hydrogens (primary N) is 1. The highest BCUT2D eigenvalue weighted by atomic mass is 16.6. The van der Waals surface area contributed by atoms with Crippen molar-refractivity contribution < 1.29 is 10.0 Å². The Morgan fingerprint density at radius 1 is 1.00 bits per heavy atom. The highest BCUT2D eigenvalue weighted by Gasteiger charge is 2.17. The number of phenols is 1. The quantitative estimate of drug-likeness (QED) is 0.571. The fourth-order valence-corrected chi connectivity index (χ4v) is 2.58. The lowest BCUT2D eigenvalue weighted by molar-refractivity contribution is -0.384. The van der Waals surface area contributed by atoms with E-state index in [-0.39, 0.29) is 11.4 Å². The topological polar surface area (TPSA) is 89.4 Å². The Bertz CT molecular complexity index is 844. The molecule has 3 aromatic rings. The summed E-state index contributed by atoms with van der Waals surface area (Å²) in [4.78, 5) is 10.3. The number of nitro groups is 1. The summed E-state index contributed by atoms with van der Waals surface area (Å²) in [6.07, 6.45) is 0. The van der Waals surface area contributed by atoms with Crippen LogP contribution in [-0.4, -0.2) is 10.0 Å². The second-order valence-electron chi connectivity index (χ2n) is 5.05. The van der Waals surface area contributed by atoms with E-state index in [1.165, 1.54) is 12.1 Å². The SMILES string of the molecule is N[C@@H](c1ccc([N+](=O)[O-])cc1)c1c(O)ccc2ccccc12. The van der Waals surface area contributed by atoms with E-state index in [4.69, 9.17) is 5.73 Å². The number of nitrogens with zero attached hydrogens (tertiary/aromatic N) is 1. The molecule has 0 amide bonds. The lowest BCUT2D eigenvalue weighted by atomic mass is 9.93. The van der Waals surface area contributed by atoms with E-state index in [2.05, 4.69) is 0 Å². The zero-order valence-corrected chi connectivity index (χ0v) is 11.6. The maximum atomic E-state index is 10.7. The first-order valence-electron chi connectivity index (χ1n) is 6.78. The number of non-ortho nitro benzene ring substituents is 1. The van der Waals surface area contributed by atoms with Gasteiger partial charge in [0.15, 0.2) is 0 Å².